The van der Waals surface area contributed by atoms with Crippen molar-refractivity contribution in [2.75, 3.05) is 6.54 Å². The van der Waals surface area contributed by atoms with Crippen LogP contribution in [0.2, 0.25) is 0 Å². The Morgan fingerprint density at radius 2 is 2.22 bits per heavy atom. The van der Waals surface area contributed by atoms with Crippen LogP contribution in [0.4, 0.5) is 4.39 Å². The molecular weight excluding hydrogens is 229 g/mol. The molecule has 1 heterocycles. The summed E-state index contributed by atoms with van der Waals surface area (Å²) in [7, 11) is 0. The van der Waals surface area contributed by atoms with Crippen molar-refractivity contribution in [3.8, 4) is 11.3 Å². The Kier molecular flexibility index (Phi) is 2.48. The standard InChI is InChI=1S/C14H16FN3/c1-9-6-10(2-3-11(9)15)12-7-17-13(18-12)14(8-16)4-5-14/h2-3,6-7H,4-5,8,16H2,1H3,(H,17,18). The summed E-state index contributed by atoms with van der Waals surface area (Å²) in [6.45, 7) is 2.39. The summed E-state index contributed by atoms with van der Waals surface area (Å²) < 4.78 is 13.2. The van der Waals surface area contributed by atoms with Crippen LogP contribution in [0.15, 0.2) is 24.4 Å². The maximum atomic E-state index is 13.2. The fourth-order valence-corrected chi connectivity index (χ4v) is 2.24. The van der Waals surface area contributed by atoms with E-state index in [-0.39, 0.29) is 11.2 Å². The van der Waals surface area contributed by atoms with Crippen LogP contribution in [0.25, 0.3) is 11.3 Å². The zero-order chi connectivity index (χ0) is 12.8. The van der Waals surface area contributed by atoms with Crippen LogP contribution in [0.1, 0.15) is 24.2 Å². The van der Waals surface area contributed by atoms with Crippen LogP contribution in [-0.4, -0.2) is 16.5 Å². The molecule has 1 aliphatic rings. The maximum absolute atomic E-state index is 13.2. The molecule has 94 valence electrons. The van der Waals surface area contributed by atoms with Crippen molar-refractivity contribution in [3.63, 3.8) is 0 Å². The summed E-state index contributed by atoms with van der Waals surface area (Å²) in [5.74, 6) is 0.779. The third-order valence-electron chi connectivity index (χ3n) is 3.79. The van der Waals surface area contributed by atoms with Crippen LogP contribution < -0.4 is 5.73 Å². The number of imidazole rings is 1. The van der Waals surface area contributed by atoms with Crippen molar-refractivity contribution in [2.45, 2.75) is 25.2 Å². The van der Waals surface area contributed by atoms with Gasteiger partial charge in [-0.2, -0.15) is 0 Å². The molecule has 0 unspecified atom stereocenters. The number of aryl methyl sites for hydroxylation is 1. The molecule has 1 aliphatic carbocycles. The molecular formula is C14H16FN3. The van der Waals surface area contributed by atoms with Crippen molar-refractivity contribution in [3.05, 3.63) is 41.6 Å². The number of hydrogen-bond acceptors (Lipinski definition) is 2. The number of benzene rings is 1. The Bertz CT molecular complexity index is 584. The zero-order valence-corrected chi connectivity index (χ0v) is 10.3. The normalized spacial score (nSPS) is 16.8. The van der Waals surface area contributed by atoms with E-state index in [1.54, 1.807) is 19.2 Å². The van der Waals surface area contributed by atoms with Gasteiger partial charge >= 0.3 is 0 Å². The number of hydrogen-bond donors (Lipinski definition) is 2. The summed E-state index contributed by atoms with van der Waals surface area (Å²) in [6.07, 6.45) is 4.00. The minimum absolute atomic E-state index is 0.0628. The van der Waals surface area contributed by atoms with E-state index in [9.17, 15) is 4.39 Å². The van der Waals surface area contributed by atoms with Gasteiger partial charge in [-0.15, -0.1) is 0 Å². The van der Waals surface area contributed by atoms with Crippen LogP contribution >= 0.6 is 0 Å². The second kappa shape index (κ2) is 3.92. The van der Waals surface area contributed by atoms with Gasteiger partial charge in [0.15, 0.2) is 0 Å². The number of halogens is 1. The zero-order valence-electron chi connectivity index (χ0n) is 10.3. The van der Waals surface area contributed by atoms with Crippen LogP contribution in [0.5, 0.6) is 0 Å². The molecule has 0 bridgehead atoms. The Morgan fingerprint density at radius 1 is 1.44 bits per heavy atom. The molecule has 0 spiro atoms. The number of nitrogens with zero attached hydrogens (tertiary/aromatic N) is 1. The number of rotatable bonds is 3. The predicted octanol–water partition coefficient (Wildman–Crippen LogP) is 2.51. The van der Waals surface area contributed by atoms with Crippen LogP contribution in [-0.2, 0) is 5.41 Å². The van der Waals surface area contributed by atoms with E-state index in [4.69, 9.17) is 5.73 Å². The molecule has 3 nitrogen and oxygen atoms in total. The highest BCUT2D eigenvalue weighted by Crippen LogP contribution is 2.46. The third kappa shape index (κ3) is 1.73. The SMILES string of the molecule is Cc1cc(-c2cnc(C3(CN)CC3)[nH]2)ccc1F. The molecule has 0 saturated heterocycles. The molecule has 1 aromatic heterocycles. The highest BCUT2D eigenvalue weighted by molar-refractivity contribution is 5.60. The van der Waals surface area contributed by atoms with E-state index < -0.39 is 0 Å². The predicted molar refractivity (Wildman–Crippen MR) is 68.7 cm³/mol. The van der Waals surface area contributed by atoms with Crippen LogP contribution in [0.3, 0.4) is 0 Å². The smallest absolute Gasteiger partial charge is 0.126 e. The minimum atomic E-state index is -0.181. The van der Waals surface area contributed by atoms with Gasteiger partial charge < -0.3 is 10.7 Å². The molecule has 4 heteroatoms. The molecule has 3 rings (SSSR count). The molecule has 0 aliphatic heterocycles. The van der Waals surface area contributed by atoms with Crippen molar-refractivity contribution < 1.29 is 4.39 Å². The van der Waals surface area contributed by atoms with E-state index in [2.05, 4.69) is 9.97 Å². The summed E-state index contributed by atoms with van der Waals surface area (Å²) in [6, 6.07) is 5.08. The van der Waals surface area contributed by atoms with Gasteiger partial charge in [0, 0.05) is 17.5 Å². The van der Waals surface area contributed by atoms with E-state index >= 15 is 0 Å². The molecule has 0 atom stereocenters. The fraction of sp³-hybridized carbons (Fsp3) is 0.357. The first-order valence-electron chi connectivity index (χ1n) is 6.17. The fourth-order valence-electron chi connectivity index (χ4n) is 2.24. The van der Waals surface area contributed by atoms with Gasteiger partial charge in [0.2, 0.25) is 0 Å². The second-order valence-electron chi connectivity index (χ2n) is 5.09. The molecule has 18 heavy (non-hydrogen) atoms. The first-order chi connectivity index (χ1) is 8.64. The number of nitrogens with one attached hydrogen (secondary N) is 1. The van der Waals surface area contributed by atoms with Crippen LogP contribution in [0, 0.1) is 12.7 Å². The van der Waals surface area contributed by atoms with Gasteiger partial charge in [-0.3, -0.25) is 0 Å². The lowest BCUT2D eigenvalue weighted by Crippen LogP contribution is -2.21. The van der Waals surface area contributed by atoms with Gasteiger partial charge in [0.25, 0.3) is 0 Å². The highest BCUT2D eigenvalue weighted by atomic mass is 19.1. The van der Waals surface area contributed by atoms with Gasteiger partial charge in [0.05, 0.1) is 11.9 Å². The Hall–Kier alpha value is -1.68. The molecule has 3 N–H and O–H groups in total. The summed E-state index contributed by atoms with van der Waals surface area (Å²) in [5.41, 5.74) is 8.37. The molecule has 1 fully saturated rings. The topological polar surface area (TPSA) is 54.7 Å². The number of nitrogens with two attached hydrogens (primary N) is 1. The largest absolute Gasteiger partial charge is 0.342 e. The Balaban J connectivity index is 1.95. The lowest BCUT2D eigenvalue weighted by atomic mass is 10.1. The van der Waals surface area contributed by atoms with Crippen molar-refractivity contribution in [1.29, 1.82) is 0 Å². The minimum Gasteiger partial charge on any atom is -0.342 e. The van der Waals surface area contributed by atoms with E-state index in [0.717, 1.165) is 29.9 Å². The van der Waals surface area contributed by atoms with E-state index in [1.807, 2.05) is 6.07 Å². The molecule has 0 radical (unpaired) electrons. The second-order valence-corrected chi connectivity index (χ2v) is 5.09. The summed E-state index contributed by atoms with van der Waals surface area (Å²) in [5, 5.41) is 0. The monoisotopic (exact) mass is 245 g/mol. The Labute approximate surface area is 105 Å². The molecule has 1 saturated carbocycles. The summed E-state index contributed by atoms with van der Waals surface area (Å²) >= 11 is 0. The molecule has 1 aromatic carbocycles. The quantitative estimate of drug-likeness (QED) is 0.873. The lowest BCUT2D eigenvalue weighted by Gasteiger charge is -2.07. The highest BCUT2D eigenvalue weighted by Gasteiger charge is 2.45. The average molecular weight is 245 g/mol. The lowest BCUT2D eigenvalue weighted by molar-refractivity contribution is 0.618. The Morgan fingerprint density at radius 3 is 2.83 bits per heavy atom. The van der Waals surface area contributed by atoms with Crippen molar-refractivity contribution in [2.24, 2.45) is 5.73 Å². The maximum Gasteiger partial charge on any atom is 0.126 e. The first kappa shape index (κ1) is 11.4. The van der Waals surface area contributed by atoms with E-state index in [1.165, 1.54) is 6.07 Å². The first-order valence-corrected chi connectivity index (χ1v) is 6.17. The van der Waals surface area contributed by atoms with E-state index in [0.29, 0.717) is 12.1 Å². The summed E-state index contributed by atoms with van der Waals surface area (Å²) in [4.78, 5) is 7.74. The number of H-pyrrole nitrogens is 1. The average Bonchev–Trinajstić information content (AvgIpc) is 3.02. The van der Waals surface area contributed by atoms with Gasteiger partial charge in [-0.1, -0.05) is 0 Å². The van der Waals surface area contributed by atoms with Crippen molar-refractivity contribution in [1.82, 2.24) is 9.97 Å². The van der Waals surface area contributed by atoms with Gasteiger partial charge in [-0.05, 0) is 43.5 Å². The van der Waals surface area contributed by atoms with Gasteiger partial charge in [-0.25, -0.2) is 9.37 Å². The van der Waals surface area contributed by atoms with Crippen molar-refractivity contribution >= 4 is 0 Å². The number of aromatic nitrogens is 2. The number of aromatic amines is 1. The molecule has 2 aromatic rings. The van der Waals surface area contributed by atoms with Gasteiger partial charge in [0.1, 0.15) is 11.6 Å². The third-order valence-corrected chi connectivity index (χ3v) is 3.79. The molecule has 0 amide bonds.